The van der Waals surface area contributed by atoms with Gasteiger partial charge in [0, 0.05) is 17.7 Å². The van der Waals surface area contributed by atoms with Crippen molar-refractivity contribution in [1.29, 1.82) is 0 Å². The van der Waals surface area contributed by atoms with E-state index in [1.165, 1.54) is 20.9 Å². The van der Waals surface area contributed by atoms with Crippen molar-refractivity contribution in [2.45, 2.75) is 26.8 Å². The molecule has 2 aliphatic rings. The molecular weight excluding hydrogens is 392 g/mol. The number of carbonyl (C=O) groups excluding carboxylic acids is 2. The van der Waals surface area contributed by atoms with Gasteiger partial charge in [-0.15, -0.1) is 0 Å². The maximum absolute atomic E-state index is 12.3. The fourth-order valence-corrected chi connectivity index (χ4v) is 4.45. The van der Waals surface area contributed by atoms with Crippen LogP contribution in [0.3, 0.4) is 0 Å². The summed E-state index contributed by atoms with van der Waals surface area (Å²) in [4.78, 5) is 27.3. The Bertz CT molecular complexity index is 967. The molecule has 2 aromatic carbocycles. The number of hydrogen-bond acceptors (Lipinski definition) is 3. The van der Waals surface area contributed by atoms with Gasteiger partial charge in [-0.1, -0.05) is 17.7 Å². The van der Waals surface area contributed by atoms with E-state index in [-0.39, 0.29) is 5.91 Å². The predicted molar refractivity (Wildman–Crippen MR) is 119 cm³/mol. The molecule has 1 fully saturated rings. The summed E-state index contributed by atoms with van der Waals surface area (Å²) in [7, 11) is 0. The zero-order valence-corrected chi connectivity index (χ0v) is 18.3. The van der Waals surface area contributed by atoms with E-state index in [0.29, 0.717) is 6.54 Å². The molecule has 2 aliphatic heterocycles. The van der Waals surface area contributed by atoms with Crippen LogP contribution in [0.5, 0.6) is 5.75 Å². The first kappa shape index (κ1) is 21.3. The number of ether oxygens (including phenoxy) is 1. The lowest BCUT2D eigenvalue weighted by molar-refractivity contribution is -1.02. The van der Waals surface area contributed by atoms with Gasteiger partial charge in [0.05, 0.1) is 6.61 Å². The summed E-state index contributed by atoms with van der Waals surface area (Å²) in [5.41, 5.74) is 5.50. The molecular formula is C24H32N4O3+2. The van der Waals surface area contributed by atoms with Crippen molar-refractivity contribution in [2.75, 3.05) is 44.6 Å². The van der Waals surface area contributed by atoms with Crippen LogP contribution in [0.1, 0.15) is 22.3 Å². The fourth-order valence-electron chi connectivity index (χ4n) is 4.45. The first-order valence-corrected chi connectivity index (χ1v) is 11.1. The minimum atomic E-state index is -0.471. The van der Waals surface area contributed by atoms with Gasteiger partial charge in [0.25, 0.3) is 5.91 Å². The summed E-state index contributed by atoms with van der Waals surface area (Å²) < 4.78 is 5.59. The quantitative estimate of drug-likeness (QED) is 0.540. The van der Waals surface area contributed by atoms with Crippen molar-refractivity contribution in [1.82, 2.24) is 5.32 Å². The average Bonchev–Trinajstić information content (AvgIpc) is 3.19. The minimum absolute atomic E-state index is 0.237. The smallest absolute Gasteiger partial charge is 0.326 e. The van der Waals surface area contributed by atoms with Gasteiger partial charge in [0.2, 0.25) is 0 Å². The second kappa shape index (κ2) is 9.49. The zero-order chi connectivity index (χ0) is 21.8. The molecule has 0 saturated carbocycles. The molecule has 0 bridgehead atoms. The van der Waals surface area contributed by atoms with E-state index in [4.69, 9.17) is 4.74 Å². The lowest BCUT2D eigenvalue weighted by Gasteiger charge is -2.29. The van der Waals surface area contributed by atoms with Crippen LogP contribution in [-0.4, -0.2) is 51.3 Å². The Morgan fingerprint density at radius 1 is 1.00 bits per heavy atom. The molecule has 7 nitrogen and oxygen atoms in total. The van der Waals surface area contributed by atoms with Crippen molar-refractivity contribution in [3.05, 3.63) is 58.7 Å². The molecule has 0 atom stereocenters. The molecule has 3 amide bonds. The Morgan fingerprint density at radius 3 is 2.55 bits per heavy atom. The summed E-state index contributed by atoms with van der Waals surface area (Å²) in [6, 6.07) is 11.9. The number of anilines is 1. The number of nitrogens with one attached hydrogen (secondary N) is 4. The summed E-state index contributed by atoms with van der Waals surface area (Å²) in [6.07, 6.45) is 1.00. The predicted octanol–water partition coefficient (Wildman–Crippen LogP) is -0.130. The maximum Gasteiger partial charge on any atom is 0.326 e. The maximum atomic E-state index is 12.3. The number of amides is 3. The van der Waals surface area contributed by atoms with Gasteiger partial charge >= 0.3 is 6.03 Å². The highest BCUT2D eigenvalue weighted by molar-refractivity contribution is 6.01. The molecule has 0 unspecified atom stereocenters. The highest BCUT2D eigenvalue weighted by Crippen LogP contribution is 2.25. The summed E-state index contributed by atoms with van der Waals surface area (Å²) >= 11 is 0. The molecule has 7 heteroatoms. The number of carbonyl (C=O) groups is 2. The molecule has 4 N–H and O–H groups in total. The lowest BCUT2D eigenvalue weighted by atomic mass is 10.1. The number of rotatable bonds is 5. The van der Waals surface area contributed by atoms with Gasteiger partial charge < -0.3 is 19.9 Å². The number of imide groups is 1. The molecule has 31 heavy (non-hydrogen) atoms. The van der Waals surface area contributed by atoms with Crippen LogP contribution in [0.25, 0.3) is 0 Å². The Balaban J connectivity index is 1.19. The van der Waals surface area contributed by atoms with Gasteiger partial charge in [0.15, 0.2) is 6.54 Å². The molecule has 2 heterocycles. The van der Waals surface area contributed by atoms with Crippen LogP contribution in [0.4, 0.5) is 10.5 Å². The lowest BCUT2D eigenvalue weighted by Crippen LogP contribution is -3.28. The highest BCUT2D eigenvalue weighted by atomic mass is 16.5. The van der Waals surface area contributed by atoms with E-state index in [9.17, 15) is 9.59 Å². The van der Waals surface area contributed by atoms with Crippen molar-refractivity contribution in [2.24, 2.45) is 0 Å². The first-order valence-electron chi connectivity index (χ1n) is 11.1. The van der Waals surface area contributed by atoms with E-state index in [2.05, 4.69) is 28.8 Å². The van der Waals surface area contributed by atoms with E-state index in [0.717, 1.165) is 68.3 Å². The Kier molecular flexibility index (Phi) is 6.53. The SMILES string of the molecule is Cc1ccc(NC(=O)NC(=O)C[NH+]2CC[NH+](Cc3ccc4c(c3)CCO4)CC2)c(C)c1. The second-order valence-corrected chi connectivity index (χ2v) is 8.71. The van der Waals surface area contributed by atoms with Gasteiger partial charge in [-0.05, 0) is 49.2 Å². The standard InChI is InChI=1S/C24H30N4O3/c1-17-3-5-21(18(2)13-17)25-24(30)26-23(29)16-28-10-8-27(9-11-28)15-19-4-6-22-20(14-19)7-12-31-22/h3-6,13-14H,7-12,15-16H2,1-2H3,(H2,25,26,29,30)/p+2. The third-order valence-corrected chi connectivity index (χ3v) is 6.17. The topological polar surface area (TPSA) is 76.3 Å². The van der Waals surface area contributed by atoms with Crippen LogP contribution in [0, 0.1) is 13.8 Å². The third-order valence-electron chi connectivity index (χ3n) is 6.17. The van der Waals surface area contributed by atoms with E-state index >= 15 is 0 Å². The molecule has 0 spiro atoms. The number of fused-ring (bicyclic) bond motifs is 1. The van der Waals surface area contributed by atoms with Crippen molar-refractivity contribution < 1.29 is 24.1 Å². The Hall–Kier alpha value is -2.90. The summed E-state index contributed by atoms with van der Waals surface area (Å²) in [5.74, 6) is 0.792. The zero-order valence-electron chi connectivity index (χ0n) is 18.3. The fraction of sp³-hybridized carbons (Fsp3) is 0.417. The Labute approximate surface area is 183 Å². The first-order chi connectivity index (χ1) is 15.0. The minimum Gasteiger partial charge on any atom is -0.493 e. The second-order valence-electron chi connectivity index (χ2n) is 8.71. The van der Waals surface area contributed by atoms with E-state index in [1.807, 2.05) is 32.0 Å². The number of benzene rings is 2. The average molecular weight is 425 g/mol. The molecule has 0 radical (unpaired) electrons. The van der Waals surface area contributed by atoms with Crippen LogP contribution in [0.15, 0.2) is 36.4 Å². The van der Waals surface area contributed by atoms with Gasteiger partial charge in [-0.2, -0.15) is 0 Å². The number of quaternary nitrogens is 2. The van der Waals surface area contributed by atoms with Crippen LogP contribution < -0.4 is 25.2 Å². The van der Waals surface area contributed by atoms with Crippen molar-refractivity contribution in [3.8, 4) is 5.75 Å². The number of piperazine rings is 1. The van der Waals surface area contributed by atoms with Crippen LogP contribution in [-0.2, 0) is 17.8 Å². The van der Waals surface area contributed by atoms with Crippen LogP contribution in [0.2, 0.25) is 0 Å². The van der Waals surface area contributed by atoms with Crippen molar-refractivity contribution in [3.63, 3.8) is 0 Å². The largest absolute Gasteiger partial charge is 0.493 e. The highest BCUT2D eigenvalue weighted by Gasteiger charge is 2.26. The van der Waals surface area contributed by atoms with E-state index < -0.39 is 6.03 Å². The summed E-state index contributed by atoms with van der Waals surface area (Å²) in [5, 5.41) is 5.23. The van der Waals surface area contributed by atoms with Crippen molar-refractivity contribution >= 4 is 17.6 Å². The number of aryl methyl sites for hydroxylation is 2. The molecule has 2 aromatic rings. The van der Waals surface area contributed by atoms with Gasteiger partial charge in [-0.3, -0.25) is 10.1 Å². The molecule has 4 rings (SSSR count). The third kappa shape index (κ3) is 5.62. The Morgan fingerprint density at radius 2 is 1.77 bits per heavy atom. The van der Waals surface area contributed by atoms with Gasteiger partial charge in [-0.25, -0.2) is 4.79 Å². The van der Waals surface area contributed by atoms with E-state index in [1.54, 1.807) is 0 Å². The van der Waals surface area contributed by atoms with Crippen LogP contribution >= 0.6 is 0 Å². The normalized spacial score (nSPS) is 19.9. The summed E-state index contributed by atoms with van der Waals surface area (Å²) in [6.45, 7) is 9.95. The monoisotopic (exact) mass is 424 g/mol. The molecule has 0 aromatic heterocycles. The number of hydrogen-bond donors (Lipinski definition) is 4. The molecule has 1 saturated heterocycles. The van der Waals surface area contributed by atoms with Gasteiger partial charge in [0.1, 0.15) is 38.5 Å². The molecule has 0 aliphatic carbocycles. The molecule has 164 valence electrons. The number of urea groups is 1.